The maximum absolute atomic E-state index is 9.80. The molecule has 2 atom stereocenters. The number of anilines is 1. The molecule has 0 spiro atoms. The highest BCUT2D eigenvalue weighted by molar-refractivity contribution is 6.38. The molecule has 0 amide bonds. The summed E-state index contributed by atoms with van der Waals surface area (Å²) in [5, 5.41) is 19.9. The third kappa shape index (κ3) is 2.99. The van der Waals surface area contributed by atoms with Gasteiger partial charge in [-0.05, 0) is 30.7 Å². The zero-order chi connectivity index (χ0) is 12.3. The molecule has 4 nitrogen and oxygen atoms in total. The van der Waals surface area contributed by atoms with Gasteiger partial charge in [-0.15, -0.1) is 0 Å². The number of hydrogen-bond acceptors (Lipinski definition) is 4. The van der Waals surface area contributed by atoms with Crippen molar-refractivity contribution in [2.75, 3.05) is 12.3 Å². The first kappa shape index (κ1) is 13.5. The molecule has 0 heterocycles. The van der Waals surface area contributed by atoms with Crippen LogP contribution >= 0.6 is 23.2 Å². The van der Waals surface area contributed by atoms with Crippen molar-refractivity contribution in [1.29, 1.82) is 0 Å². The summed E-state index contributed by atoms with van der Waals surface area (Å²) < 4.78 is 0. The monoisotopic (exact) mass is 264 g/mol. The first-order valence-corrected chi connectivity index (χ1v) is 5.53. The Morgan fingerprint density at radius 3 is 2.12 bits per heavy atom. The molecule has 1 aromatic rings. The van der Waals surface area contributed by atoms with Gasteiger partial charge in [0.25, 0.3) is 0 Å². The SMILES string of the molecule is NCCC(O)C(O)c1cc(Cl)c(N)c(Cl)c1. The fourth-order valence-electron chi connectivity index (χ4n) is 1.33. The standard InChI is InChI=1S/C10H14Cl2N2O2/c11-6-3-5(4-7(12)9(6)14)10(16)8(15)1-2-13/h3-4,8,10,15-16H,1-2,13-14H2. The molecule has 2 unspecified atom stereocenters. The van der Waals surface area contributed by atoms with Crippen LogP contribution in [-0.4, -0.2) is 22.9 Å². The fraction of sp³-hybridized carbons (Fsp3) is 0.400. The second kappa shape index (κ2) is 5.70. The average molecular weight is 265 g/mol. The van der Waals surface area contributed by atoms with Gasteiger partial charge in [-0.1, -0.05) is 23.2 Å². The third-order valence-corrected chi connectivity index (χ3v) is 2.90. The molecule has 0 aliphatic rings. The number of aliphatic hydroxyl groups is 2. The van der Waals surface area contributed by atoms with Gasteiger partial charge >= 0.3 is 0 Å². The van der Waals surface area contributed by atoms with Gasteiger partial charge in [-0.25, -0.2) is 0 Å². The summed E-state index contributed by atoms with van der Waals surface area (Å²) in [5.41, 5.74) is 11.5. The zero-order valence-electron chi connectivity index (χ0n) is 8.53. The van der Waals surface area contributed by atoms with E-state index in [9.17, 15) is 10.2 Å². The van der Waals surface area contributed by atoms with Gasteiger partial charge < -0.3 is 21.7 Å². The van der Waals surface area contributed by atoms with Crippen LogP contribution in [-0.2, 0) is 0 Å². The van der Waals surface area contributed by atoms with Crippen LogP contribution in [0.3, 0.4) is 0 Å². The van der Waals surface area contributed by atoms with E-state index < -0.39 is 12.2 Å². The Labute approximate surface area is 104 Å². The lowest BCUT2D eigenvalue weighted by Gasteiger charge is -2.18. The smallest absolute Gasteiger partial charge is 0.105 e. The molecule has 0 saturated heterocycles. The summed E-state index contributed by atoms with van der Waals surface area (Å²) >= 11 is 11.6. The Hall–Kier alpha value is -0.520. The summed E-state index contributed by atoms with van der Waals surface area (Å²) in [5.74, 6) is 0. The maximum atomic E-state index is 9.80. The minimum Gasteiger partial charge on any atom is -0.396 e. The largest absolute Gasteiger partial charge is 0.396 e. The van der Waals surface area contributed by atoms with Crippen LogP contribution in [0, 0.1) is 0 Å². The maximum Gasteiger partial charge on any atom is 0.105 e. The summed E-state index contributed by atoms with van der Waals surface area (Å²) in [6, 6.07) is 2.96. The molecule has 0 saturated carbocycles. The van der Waals surface area contributed by atoms with Crippen LogP contribution in [0.2, 0.25) is 10.0 Å². The second-order valence-electron chi connectivity index (χ2n) is 3.49. The quantitative estimate of drug-likeness (QED) is 0.618. The average Bonchev–Trinajstić information content (AvgIpc) is 2.24. The predicted molar refractivity (Wildman–Crippen MR) is 65.5 cm³/mol. The van der Waals surface area contributed by atoms with E-state index in [0.29, 0.717) is 12.0 Å². The van der Waals surface area contributed by atoms with E-state index in [1.807, 2.05) is 0 Å². The van der Waals surface area contributed by atoms with Crippen LogP contribution in [0.4, 0.5) is 5.69 Å². The van der Waals surface area contributed by atoms with E-state index in [1.165, 1.54) is 12.1 Å². The molecule has 1 rings (SSSR count). The summed E-state index contributed by atoms with van der Waals surface area (Å²) in [7, 11) is 0. The molecule has 0 fully saturated rings. The molecule has 0 aromatic heterocycles. The minimum absolute atomic E-state index is 0.251. The van der Waals surface area contributed by atoms with E-state index in [-0.39, 0.29) is 22.3 Å². The van der Waals surface area contributed by atoms with Crippen molar-refractivity contribution in [1.82, 2.24) is 0 Å². The van der Waals surface area contributed by atoms with Crippen molar-refractivity contribution in [3.8, 4) is 0 Å². The van der Waals surface area contributed by atoms with Crippen molar-refractivity contribution < 1.29 is 10.2 Å². The van der Waals surface area contributed by atoms with E-state index in [0.717, 1.165) is 0 Å². The predicted octanol–water partition coefficient (Wildman–Crippen LogP) is 1.32. The van der Waals surface area contributed by atoms with Gasteiger partial charge in [0.05, 0.1) is 21.8 Å². The van der Waals surface area contributed by atoms with Crippen LogP contribution in [0.15, 0.2) is 12.1 Å². The molecule has 0 radical (unpaired) electrons. The Bertz CT molecular complexity index is 351. The number of aliphatic hydroxyl groups excluding tert-OH is 2. The van der Waals surface area contributed by atoms with Crippen LogP contribution in [0.1, 0.15) is 18.1 Å². The van der Waals surface area contributed by atoms with Crippen molar-refractivity contribution in [2.24, 2.45) is 5.73 Å². The lowest BCUT2D eigenvalue weighted by atomic mass is 10.0. The van der Waals surface area contributed by atoms with Crippen molar-refractivity contribution >= 4 is 28.9 Å². The number of nitrogen functional groups attached to an aromatic ring is 1. The molecular formula is C10H14Cl2N2O2. The molecule has 1 aromatic carbocycles. The Balaban J connectivity index is 2.96. The molecule has 0 aliphatic heterocycles. The van der Waals surface area contributed by atoms with E-state index in [4.69, 9.17) is 34.7 Å². The number of rotatable bonds is 4. The van der Waals surface area contributed by atoms with Crippen LogP contribution in [0.25, 0.3) is 0 Å². The molecule has 16 heavy (non-hydrogen) atoms. The molecule has 0 aliphatic carbocycles. The van der Waals surface area contributed by atoms with Gasteiger partial charge in [0.2, 0.25) is 0 Å². The first-order valence-electron chi connectivity index (χ1n) is 4.78. The zero-order valence-corrected chi connectivity index (χ0v) is 10.0. The summed E-state index contributed by atoms with van der Waals surface area (Å²) in [4.78, 5) is 0. The van der Waals surface area contributed by atoms with E-state index in [1.54, 1.807) is 0 Å². The van der Waals surface area contributed by atoms with Crippen LogP contribution in [0.5, 0.6) is 0 Å². The second-order valence-corrected chi connectivity index (χ2v) is 4.30. The van der Waals surface area contributed by atoms with Gasteiger partial charge in [0.1, 0.15) is 6.10 Å². The van der Waals surface area contributed by atoms with Crippen molar-refractivity contribution in [3.63, 3.8) is 0 Å². The molecule has 0 bridgehead atoms. The number of halogens is 2. The number of nitrogens with two attached hydrogens (primary N) is 2. The highest BCUT2D eigenvalue weighted by Crippen LogP contribution is 2.32. The first-order chi connectivity index (χ1) is 7.47. The van der Waals surface area contributed by atoms with E-state index in [2.05, 4.69) is 0 Å². The lowest BCUT2D eigenvalue weighted by Crippen LogP contribution is -2.21. The highest BCUT2D eigenvalue weighted by Gasteiger charge is 2.19. The van der Waals surface area contributed by atoms with Gasteiger partial charge in [-0.3, -0.25) is 0 Å². The highest BCUT2D eigenvalue weighted by atomic mass is 35.5. The normalized spacial score (nSPS) is 14.8. The van der Waals surface area contributed by atoms with Gasteiger partial charge in [0, 0.05) is 0 Å². The van der Waals surface area contributed by atoms with Crippen molar-refractivity contribution in [3.05, 3.63) is 27.7 Å². The number of hydrogen-bond donors (Lipinski definition) is 4. The summed E-state index contributed by atoms with van der Waals surface area (Å²) in [6.45, 7) is 0.286. The Morgan fingerprint density at radius 1 is 1.19 bits per heavy atom. The third-order valence-electron chi connectivity index (χ3n) is 2.27. The van der Waals surface area contributed by atoms with Gasteiger partial charge in [-0.2, -0.15) is 0 Å². The minimum atomic E-state index is -1.07. The lowest BCUT2D eigenvalue weighted by molar-refractivity contribution is 0.0150. The van der Waals surface area contributed by atoms with Crippen LogP contribution < -0.4 is 11.5 Å². The number of benzene rings is 1. The van der Waals surface area contributed by atoms with Crippen molar-refractivity contribution in [2.45, 2.75) is 18.6 Å². The molecule has 90 valence electrons. The Morgan fingerprint density at radius 2 is 1.69 bits per heavy atom. The van der Waals surface area contributed by atoms with E-state index >= 15 is 0 Å². The molecule has 6 heteroatoms. The molecule has 6 N–H and O–H groups in total. The van der Waals surface area contributed by atoms with Gasteiger partial charge in [0.15, 0.2) is 0 Å². The fourth-order valence-corrected chi connectivity index (χ4v) is 1.83. The molecular weight excluding hydrogens is 251 g/mol. The Kier molecular flexibility index (Phi) is 4.83. The summed E-state index contributed by atoms with van der Waals surface area (Å²) in [6.07, 6.45) is -1.72. The topological polar surface area (TPSA) is 92.5 Å².